The van der Waals surface area contributed by atoms with Gasteiger partial charge in [0.15, 0.2) is 0 Å². The van der Waals surface area contributed by atoms with Gasteiger partial charge in [0.2, 0.25) is 0 Å². The maximum absolute atomic E-state index is 9.62. The van der Waals surface area contributed by atoms with Crippen molar-refractivity contribution in [2.75, 3.05) is 19.6 Å². The van der Waals surface area contributed by atoms with Crippen LogP contribution in [0.2, 0.25) is 0 Å². The lowest BCUT2D eigenvalue weighted by molar-refractivity contribution is 0.255. The van der Waals surface area contributed by atoms with Gasteiger partial charge < -0.3 is 5.11 Å². The SMILES string of the molecule is Oc1cccc2c1C=C2CN1CCCCC1. The van der Waals surface area contributed by atoms with Crippen LogP contribution in [0.4, 0.5) is 0 Å². The van der Waals surface area contributed by atoms with Crippen molar-refractivity contribution in [2.45, 2.75) is 19.3 Å². The highest BCUT2D eigenvalue weighted by atomic mass is 16.3. The van der Waals surface area contributed by atoms with E-state index in [9.17, 15) is 5.11 Å². The minimum Gasteiger partial charge on any atom is -0.507 e. The first-order valence-corrected chi connectivity index (χ1v) is 6.10. The summed E-state index contributed by atoms with van der Waals surface area (Å²) in [6.45, 7) is 3.51. The highest BCUT2D eigenvalue weighted by molar-refractivity contribution is 5.98. The van der Waals surface area contributed by atoms with Gasteiger partial charge in [-0.3, -0.25) is 4.90 Å². The summed E-state index contributed by atoms with van der Waals surface area (Å²) < 4.78 is 0. The predicted octanol–water partition coefficient (Wildman–Crippen LogP) is 2.73. The van der Waals surface area contributed by atoms with Gasteiger partial charge >= 0.3 is 0 Å². The van der Waals surface area contributed by atoms with Crippen molar-refractivity contribution in [3.8, 4) is 5.75 Å². The Morgan fingerprint density at radius 3 is 2.75 bits per heavy atom. The third-order valence-corrected chi connectivity index (χ3v) is 3.59. The van der Waals surface area contributed by atoms with Crippen LogP contribution in [0.1, 0.15) is 30.4 Å². The number of rotatable bonds is 2. The van der Waals surface area contributed by atoms with Gasteiger partial charge in [-0.05, 0) is 49.2 Å². The lowest BCUT2D eigenvalue weighted by Gasteiger charge is -2.30. The summed E-state index contributed by atoms with van der Waals surface area (Å²) >= 11 is 0. The number of aromatic hydroxyl groups is 1. The van der Waals surface area contributed by atoms with Gasteiger partial charge in [0.25, 0.3) is 0 Å². The van der Waals surface area contributed by atoms with Crippen LogP contribution in [0.5, 0.6) is 5.75 Å². The highest BCUT2D eigenvalue weighted by Crippen LogP contribution is 2.38. The number of nitrogens with zero attached hydrogens (tertiary/aromatic N) is 1. The molecule has 0 atom stereocenters. The highest BCUT2D eigenvalue weighted by Gasteiger charge is 2.21. The summed E-state index contributed by atoms with van der Waals surface area (Å²) in [5.41, 5.74) is 3.65. The Morgan fingerprint density at radius 1 is 1.12 bits per heavy atom. The molecule has 0 spiro atoms. The van der Waals surface area contributed by atoms with Gasteiger partial charge in [-0.15, -0.1) is 0 Å². The molecule has 0 aromatic heterocycles. The second-order valence-corrected chi connectivity index (χ2v) is 4.74. The summed E-state index contributed by atoms with van der Waals surface area (Å²) in [6, 6.07) is 5.79. The molecule has 2 nitrogen and oxygen atoms in total. The molecule has 16 heavy (non-hydrogen) atoms. The molecule has 1 aliphatic heterocycles. The molecule has 2 aliphatic rings. The normalized spacial score (nSPS) is 19.9. The number of likely N-dealkylation sites (tertiary alicyclic amines) is 1. The Kier molecular flexibility index (Phi) is 2.44. The maximum Gasteiger partial charge on any atom is 0.123 e. The monoisotopic (exact) mass is 215 g/mol. The van der Waals surface area contributed by atoms with E-state index in [0.717, 1.165) is 12.1 Å². The zero-order chi connectivity index (χ0) is 11.0. The summed E-state index contributed by atoms with van der Waals surface area (Å²) in [6.07, 6.45) is 6.17. The first-order valence-electron chi connectivity index (χ1n) is 6.10. The Morgan fingerprint density at radius 2 is 1.94 bits per heavy atom. The molecule has 0 saturated carbocycles. The van der Waals surface area contributed by atoms with Crippen molar-refractivity contribution < 1.29 is 5.11 Å². The first-order chi connectivity index (χ1) is 7.84. The number of hydrogen-bond acceptors (Lipinski definition) is 2. The minimum absolute atomic E-state index is 0.417. The summed E-state index contributed by atoms with van der Waals surface area (Å²) in [4.78, 5) is 2.52. The Balaban J connectivity index is 1.70. The molecule has 0 unspecified atom stereocenters. The van der Waals surface area contributed by atoms with E-state index >= 15 is 0 Å². The molecule has 1 aromatic carbocycles. The molecular weight excluding hydrogens is 198 g/mol. The molecule has 1 heterocycles. The molecule has 1 aromatic rings. The topological polar surface area (TPSA) is 23.5 Å². The predicted molar refractivity (Wildman–Crippen MR) is 66.3 cm³/mol. The zero-order valence-corrected chi connectivity index (χ0v) is 9.45. The van der Waals surface area contributed by atoms with Crippen LogP contribution >= 0.6 is 0 Å². The minimum atomic E-state index is 0.417. The van der Waals surface area contributed by atoms with Crippen LogP contribution < -0.4 is 0 Å². The number of phenolic OH excluding ortho intramolecular Hbond substituents is 1. The van der Waals surface area contributed by atoms with Gasteiger partial charge in [-0.25, -0.2) is 0 Å². The molecule has 1 saturated heterocycles. The first kappa shape index (κ1) is 9.91. The second-order valence-electron chi connectivity index (χ2n) is 4.74. The number of phenols is 1. The molecule has 1 aliphatic carbocycles. The molecule has 2 heteroatoms. The van der Waals surface area contributed by atoms with Crippen molar-refractivity contribution in [2.24, 2.45) is 0 Å². The number of hydrogen-bond donors (Lipinski definition) is 1. The molecule has 1 fully saturated rings. The number of benzene rings is 1. The van der Waals surface area contributed by atoms with E-state index in [1.807, 2.05) is 6.07 Å². The molecule has 0 radical (unpaired) electrons. The number of fused-ring (bicyclic) bond motifs is 1. The van der Waals surface area contributed by atoms with Crippen LogP contribution in [0.15, 0.2) is 18.2 Å². The smallest absolute Gasteiger partial charge is 0.123 e. The second kappa shape index (κ2) is 3.95. The average Bonchev–Trinajstić information content (AvgIpc) is 2.30. The largest absolute Gasteiger partial charge is 0.507 e. The third kappa shape index (κ3) is 1.63. The van der Waals surface area contributed by atoms with E-state index in [1.54, 1.807) is 6.07 Å². The fourth-order valence-corrected chi connectivity index (χ4v) is 2.65. The lowest BCUT2D eigenvalue weighted by Crippen LogP contribution is -2.32. The van der Waals surface area contributed by atoms with E-state index in [-0.39, 0.29) is 0 Å². The van der Waals surface area contributed by atoms with Gasteiger partial charge in [-0.2, -0.15) is 0 Å². The zero-order valence-electron chi connectivity index (χ0n) is 9.45. The lowest BCUT2D eigenvalue weighted by atomic mass is 9.87. The standard InChI is InChI=1S/C14H17NO/c16-14-6-4-5-12-11(9-13(12)14)10-15-7-2-1-3-8-15/h4-6,9,16H,1-3,7-8,10H2. The van der Waals surface area contributed by atoms with E-state index in [4.69, 9.17) is 0 Å². The van der Waals surface area contributed by atoms with Crippen molar-refractivity contribution in [3.63, 3.8) is 0 Å². The van der Waals surface area contributed by atoms with Gasteiger partial charge in [0.05, 0.1) is 0 Å². The van der Waals surface area contributed by atoms with Crippen LogP contribution in [0, 0.1) is 0 Å². The fourth-order valence-electron chi connectivity index (χ4n) is 2.65. The maximum atomic E-state index is 9.62. The van der Waals surface area contributed by atoms with Crippen LogP contribution in [0.25, 0.3) is 11.6 Å². The van der Waals surface area contributed by atoms with Crippen LogP contribution in [0.3, 0.4) is 0 Å². The van der Waals surface area contributed by atoms with Gasteiger partial charge in [0, 0.05) is 12.1 Å². The summed E-state index contributed by atoms with van der Waals surface area (Å²) in [5.74, 6) is 0.417. The third-order valence-electron chi connectivity index (χ3n) is 3.59. The molecule has 3 rings (SSSR count). The molecule has 84 valence electrons. The van der Waals surface area contributed by atoms with Crippen molar-refractivity contribution in [1.29, 1.82) is 0 Å². The van der Waals surface area contributed by atoms with E-state index in [1.165, 1.54) is 43.5 Å². The molecule has 1 N–H and O–H groups in total. The van der Waals surface area contributed by atoms with Gasteiger partial charge in [0.1, 0.15) is 5.75 Å². The van der Waals surface area contributed by atoms with Crippen molar-refractivity contribution in [3.05, 3.63) is 29.3 Å². The quantitative estimate of drug-likeness (QED) is 0.820. The number of piperidine rings is 1. The van der Waals surface area contributed by atoms with Crippen LogP contribution in [-0.4, -0.2) is 29.6 Å². The summed E-state index contributed by atoms with van der Waals surface area (Å²) in [5, 5.41) is 9.62. The van der Waals surface area contributed by atoms with Crippen molar-refractivity contribution in [1.82, 2.24) is 4.90 Å². The van der Waals surface area contributed by atoms with E-state index in [0.29, 0.717) is 5.75 Å². The molecular formula is C14H17NO. The molecule has 0 bridgehead atoms. The van der Waals surface area contributed by atoms with Gasteiger partial charge in [-0.1, -0.05) is 18.6 Å². The van der Waals surface area contributed by atoms with E-state index in [2.05, 4.69) is 17.0 Å². The average molecular weight is 215 g/mol. The Bertz CT molecular complexity index is 430. The summed E-state index contributed by atoms with van der Waals surface area (Å²) in [7, 11) is 0. The molecule has 0 amide bonds. The van der Waals surface area contributed by atoms with Crippen LogP contribution in [-0.2, 0) is 0 Å². The van der Waals surface area contributed by atoms with Crippen molar-refractivity contribution >= 4 is 11.6 Å². The fraction of sp³-hybridized carbons (Fsp3) is 0.429. The Hall–Kier alpha value is -1.28. The Labute approximate surface area is 96.2 Å². The van der Waals surface area contributed by atoms with E-state index < -0.39 is 0 Å².